The average Bonchev–Trinajstić information content (AvgIpc) is 3.07. The van der Waals surface area contributed by atoms with Crippen LogP contribution >= 0.6 is 11.6 Å². The van der Waals surface area contributed by atoms with Gasteiger partial charge in [0.2, 0.25) is 0 Å². The van der Waals surface area contributed by atoms with E-state index in [4.69, 9.17) is 16.0 Å². The number of nitrogens with zero attached hydrogens (tertiary/aromatic N) is 2. The van der Waals surface area contributed by atoms with Gasteiger partial charge in [-0.25, -0.2) is 4.98 Å². The Labute approximate surface area is 146 Å². The molecular weight excluding hydrogens is 326 g/mol. The highest BCUT2D eigenvalue weighted by Gasteiger charge is 2.39. The summed E-state index contributed by atoms with van der Waals surface area (Å²) >= 11 is 5.89. The molecule has 24 heavy (non-hydrogen) atoms. The lowest BCUT2D eigenvalue weighted by Crippen LogP contribution is -2.60. The number of oxazole rings is 1. The molecule has 3 unspecified atom stereocenters. The highest BCUT2D eigenvalue weighted by Crippen LogP contribution is 2.32. The van der Waals surface area contributed by atoms with E-state index in [1.54, 1.807) is 18.3 Å². The molecule has 6 heteroatoms. The number of carbonyl (C=O) groups excluding carboxylic acids is 1. The Morgan fingerprint density at radius 3 is 2.83 bits per heavy atom. The molecule has 5 rings (SSSR count). The van der Waals surface area contributed by atoms with Crippen LogP contribution in [0.15, 0.2) is 34.9 Å². The van der Waals surface area contributed by atoms with Crippen LogP contribution in [0.4, 0.5) is 0 Å². The van der Waals surface area contributed by atoms with Crippen LogP contribution in [-0.2, 0) is 0 Å². The molecule has 1 aromatic carbocycles. The van der Waals surface area contributed by atoms with Gasteiger partial charge in [0.1, 0.15) is 0 Å². The first-order valence-electron chi connectivity index (χ1n) is 8.37. The number of fused-ring (bicyclic) bond motifs is 3. The maximum Gasteiger partial charge on any atom is 0.307 e. The molecule has 0 radical (unpaired) electrons. The Morgan fingerprint density at radius 2 is 2.17 bits per heavy atom. The van der Waals surface area contributed by atoms with E-state index in [1.165, 1.54) is 0 Å². The summed E-state index contributed by atoms with van der Waals surface area (Å²) in [7, 11) is 0. The zero-order chi connectivity index (χ0) is 16.7. The monoisotopic (exact) mass is 345 g/mol. The van der Waals surface area contributed by atoms with Gasteiger partial charge in [0.15, 0.2) is 5.76 Å². The molecule has 4 heterocycles. The van der Waals surface area contributed by atoms with Crippen molar-refractivity contribution in [3.63, 3.8) is 0 Å². The molecule has 3 aliphatic rings. The van der Waals surface area contributed by atoms with Gasteiger partial charge in [0, 0.05) is 29.2 Å². The van der Waals surface area contributed by atoms with Crippen LogP contribution < -0.4 is 5.32 Å². The van der Waals surface area contributed by atoms with Crippen LogP contribution in [0.2, 0.25) is 5.02 Å². The van der Waals surface area contributed by atoms with E-state index < -0.39 is 0 Å². The van der Waals surface area contributed by atoms with Gasteiger partial charge in [-0.15, -0.1) is 0 Å². The lowest BCUT2D eigenvalue weighted by Gasteiger charge is -2.48. The Morgan fingerprint density at radius 1 is 1.38 bits per heavy atom. The van der Waals surface area contributed by atoms with Gasteiger partial charge in [-0.2, -0.15) is 0 Å². The molecule has 0 aliphatic carbocycles. The van der Waals surface area contributed by atoms with Crippen LogP contribution in [0.1, 0.15) is 30.5 Å². The number of benzene rings is 1. The SMILES string of the molecule is CC1CC2CCN1C[C@@H]2NC(=O)c1ncc(-c2ccc(Cl)cc2)o1. The largest absolute Gasteiger partial charge is 0.432 e. The van der Waals surface area contributed by atoms with Gasteiger partial charge in [-0.05, 0) is 56.5 Å². The van der Waals surface area contributed by atoms with Gasteiger partial charge in [0.25, 0.3) is 5.89 Å². The van der Waals surface area contributed by atoms with E-state index in [-0.39, 0.29) is 17.8 Å². The number of hydrogen-bond donors (Lipinski definition) is 1. The number of amides is 1. The summed E-state index contributed by atoms with van der Waals surface area (Å²) in [6, 6.07) is 8.07. The molecule has 1 aromatic heterocycles. The van der Waals surface area contributed by atoms with Crippen molar-refractivity contribution in [3.8, 4) is 11.3 Å². The second-order valence-corrected chi connectivity index (χ2v) is 7.18. The molecular formula is C18H20ClN3O2. The maximum absolute atomic E-state index is 12.5. The van der Waals surface area contributed by atoms with E-state index in [0.717, 1.165) is 31.5 Å². The van der Waals surface area contributed by atoms with Crippen molar-refractivity contribution < 1.29 is 9.21 Å². The van der Waals surface area contributed by atoms with E-state index in [2.05, 4.69) is 22.1 Å². The fraction of sp³-hybridized carbons (Fsp3) is 0.444. The summed E-state index contributed by atoms with van der Waals surface area (Å²) in [4.78, 5) is 19.0. The normalized spacial score (nSPS) is 28.8. The van der Waals surface area contributed by atoms with Gasteiger partial charge >= 0.3 is 5.91 Å². The molecule has 3 fully saturated rings. The van der Waals surface area contributed by atoms with E-state index >= 15 is 0 Å². The van der Waals surface area contributed by atoms with Crippen LogP contribution in [0, 0.1) is 5.92 Å². The van der Waals surface area contributed by atoms with Crippen LogP contribution in [0.3, 0.4) is 0 Å². The first-order valence-corrected chi connectivity index (χ1v) is 8.74. The number of piperidine rings is 3. The third kappa shape index (κ3) is 2.94. The second-order valence-electron chi connectivity index (χ2n) is 6.74. The van der Waals surface area contributed by atoms with Crippen molar-refractivity contribution in [2.24, 2.45) is 5.92 Å². The predicted molar refractivity (Wildman–Crippen MR) is 92.0 cm³/mol. The lowest BCUT2D eigenvalue weighted by atomic mass is 9.80. The summed E-state index contributed by atoms with van der Waals surface area (Å²) < 4.78 is 5.63. The first-order chi connectivity index (χ1) is 11.6. The highest BCUT2D eigenvalue weighted by molar-refractivity contribution is 6.30. The predicted octanol–water partition coefficient (Wildman–Crippen LogP) is 3.21. The van der Waals surface area contributed by atoms with Crippen molar-refractivity contribution in [1.29, 1.82) is 0 Å². The molecule has 3 saturated heterocycles. The molecule has 2 aromatic rings. The summed E-state index contributed by atoms with van der Waals surface area (Å²) in [5.74, 6) is 1.00. The molecule has 4 atom stereocenters. The van der Waals surface area contributed by atoms with Crippen molar-refractivity contribution in [2.75, 3.05) is 13.1 Å². The third-order valence-electron chi connectivity index (χ3n) is 5.20. The topological polar surface area (TPSA) is 58.4 Å². The average molecular weight is 346 g/mol. The fourth-order valence-corrected chi connectivity index (χ4v) is 3.94. The molecule has 0 spiro atoms. The van der Waals surface area contributed by atoms with E-state index in [9.17, 15) is 4.79 Å². The van der Waals surface area contributed by atoms with Crippen molar-refractivity contribution in [1.82, 2.24) is 15.2 Å². The number of aromatic nitrogens is 1. The highest BCUT2D eigenvalue weighted by atomic mass is 35.5. The number of rotatable bonds is 3. The van der Waals surface area contributed by atoms with Gasteiger partial charge in [-0.3, -0.25) is 9.69 Å². The molecule has 126 valence electrons. The number of carbonyl (C=O) groups is 1. The fourth-order valence-electron chi connectivity index (χ4n) is 3.82. The second kappa shape index (κ2) is 6.22. The molecule has 1 amide bonds. The summed E-state index contributed by atoms with van der Waals surface area (Å²) in [5.41, 5.74) is 0.850. The number of nitrogens with one attached hydrogen (secondary N) is 1. The van der Waals surface area contributed by atoms with Crippen LogP contribution in [-0.4, -0.2) is 41.0 Å². The van der Waals surface area contributed by atoms with E-state index in [0.29, 0.717) is 22.7 Å². The Kier molecular flexibility index (Phi) is 4.06. The molecule has 5 nitrogen and oxygen atoms in total. The molecule has 0 saturated carbocycles. The van der Waals surface area contributed by atoms with Crippen molar-refractivity contribution in [2.45, 2.75) is 31.8 Å². The lowest BCUT2D eigenvalue weighted by molar-refractivity contribution is 0.0267. The summed E-state index contributed by atoms with van der Waals surface area (Å²) in [6.45, 7) is 4.32. The zero-order valence-corrected chi connectivity index (χ0v) is 14.3. The first kappa shape index (κ1) is 15.7. The summed E-state index contributed by atoms with van der Waals surface area (Å²) in [6.07, 6.45) is 3.88. The minimum absolute atomic E-state index is 0.115. The van der Waals surface area contributed by atoms with Gasteiger partial charge in [-0.1, -0.05) is 11.6 Å². The number of hydrogen-bond acceptors (Lipinski definition) is 4. The smallest absolute Gasteiger partial charge is 0.307 e. The maximum atomic E-state index is 12.5. The Bertz CT molecular complexity index is 743. The minimum Gasteiger partial charge on any atom is -0.432 e. The van der Waals surface area contributed by atoms with Gasteiger partial charge < -0.3 is 9.73 Å². The van der Waals surface area contributed by atoms with Crippen LogP contribution in [0.25, 0.3) is 11.3 Å². The molecule has 2 bridgehead atoms. The zero-order valence-electron chi connectivity index (χ0n) is 13.5. The molecule has 1 N–H and O–H groups in total. The summed E-state index contributed by atoms with van der Waals surface area (Å²) in [5, 5.41) is 3.76. The quantitative estimate of drug-likeness (QED) is 0.928. The van der Waals surface area contributed by atoms with Crippen molar-refractivity contribution >= 4 is 17.5 Å². The Balaban J connectivity index is 1.45. The minimum atomic E-state index is -0.235. The van der Waals surface area contributed by atoms with E-state index in [1.807, 2.05) is 12.1 Å². The Hall–Kier alpha value is -1.85. The molecule has 3 aliphatic heterocycles. The standard InChI is InChI=1S/C18H20ClN3O2/c1-11-8-13-6-7-22(11)10-15(13)21-17(23)18-20-9-16(24-18)12-2-4-14(19)5-3-12/h2-5,9,11,13,15H,6-8,10H2,1H3,(H,21,23)/t11?,13?,15-/m0/s1. The number of halogens is 1. The van der Waals surface area contributed by atoms with Crippen molar-refractivity contribution in [3.05, 3.63) is 41.4 Å². The third-order valence-corrected chi connectivity index (χ3v) is 5.45. The van der Waals surface area contributed by atoms with Crippen LogP contribution in [0.5, 0.6) is 0 Å². The van der Waals surface area contributed by atoms with Gasteiger partial charge in [0.05, 0.1) is 6.20 Å².